The number of nitrogens with one attached hydrogen (secondary N) is 1. The largest absolute Gasteiger partial charge is 0.481 e. The highest BCUT2D eigenvalue weighted by atomic mass is 127. The first-order valence-corrected chi connectivity index (χ1v) is 7.18. The van der Waals surface area contributed by atoms with E-state index in [-0.39, 0.29) is 24.0 Å². The highest BCUT2D eigenvalue weighted by molar-refractivity contribution is 14.0. The van der Waals surface area contributed by atoms with Crippen molar-refractivity contribution in [2.45, 2.75) is 13.1 Å². The zero-order chi connectivity index (χ0) is 15.8. The number of halogens is 1. The molecule has 6 heteroatoms. The second kappa shape index (κ2) is 10.0. The van der Waals surface area contributed by atoms with E-state index in [9.17, 15) is 0 Å². The lowest BCUT2D eigenvalue weighted by Gasteiger charge is -2.17. The summed E-state index contributed by atoms with van der Waals surface area (Å²) >= 11 is 0. The molecule has 0 saturated heterocycles. The van der Waals surface area contributed by atoms with E-state index in [1.165, 1.54) is 5.56 Å². The molecule has 0 atom stereocenters. The monoisotopic (exact) mass is 426 g/mol. The highest BCUT2D eigenvalue weighted by Crippen LogP contribution is 2.06. The highest BCUT2D eigenvalue weighted by Gasteiger charge is 2.03. The molecule has 2 aromatic rings. The number of guanidine groups is 1. The number of rotatable bonds is 5. The maximum absolute atomic E-state index is 5.13. The van der Waals surface area contributed by atoms with E-state index < -0.39 is 0 Å². The third kappa shape index (κ3) is 6.43. The van der Waals surface area contributed by atoms with Crippen LogP contribution in [0.5, 0.6) is 5.88 Å². The van der Waals surface area contributed by atoms with Crippen LogP contribution in [0.1, 0.15) is 11.3 Å². The predicted octanol–water partition coefficient (Wildman–Crippen LogP) is 2.92. The van der Waals surface area contributed by atoms with Gasteiger partial charge in [-0.3, -0.25) is 0 Å². The molecule has 0 saturated carbocycles. The normalized spacial score (nSPS) is 10.7. The summed E-state index contributed by atoms with van der Waals surface area (Å²) in [6.45, 7) is 1.25. The fraction of sp³-hybridized carbons (Fsp3) is 0.294. The Labute approximate surface area is 154 Å². The third-order valence-electron chi connectivity index (χ3n) is 3.10. The Kier molecular flexibility index (Phi) is 8.39. The first-order valence-electron chi connectivity index (χ1n) is 7.18. The van der Waals surface area contributed by atoms with Gasteiger partial charge in [-0.25, -0.2) is 9.98 Å². The molecule has 0 radical (unpaired) electrons. The first kappa shape index (κ1) is 19.2. The predicted molar refractivity (Wildman–Crippen MR) is 104 cm³/mol. The Morgan fingerprint density at radius 3 is 2.52 bits per heavy atom. The van der Waals surface area contributed by atoms with E-state index in [0.29, 0.717) is 19.0 Å². The molecule has 2 rings (SSSR count). The number of ether oxygens (including phenoxy) is 1. The SMILES string of the molecule is COc1cccc(CNC(=NCc2ccccc2)N(C)C)n1.I. The van der Waals surface area contributed by atoms with Crippen LogP contribution in [0.25, 0.3) is 0 Å². The van der Waals surface area contributed by atoms with E-state index >= 15 is 0 Å². The molecule has 0 spiro atoms. The minimum atomic E-state index is 0. The van der Waals surface area contributed by atoms with Crippen molar-refractivity contribution >= 4 is 29.9 Å². The van der Waals surface area contributed by atoms with Gasteiger partial charge in [-0.1, -0.05) is 36.4 Å². The molecule has 124 valence electrons. The van der Waals surface area contributed by atoms with Crippen LogP contribution in [0.2, 0.25) is 0 Å². The molecule has 5 nitrogen and oxygen atoms in total. The van der Waals surface area contributed by atoms with Gasteiger partial charge < -0.3 is 15.0 Å². The molecular weight excluding hydrogens is 403 g/mol. The summed E-state index contributed by atoms with van der Waals surface area (Å²) in [6, 6.07) is 15.9. The lowest BCUT2D eigenvalue weighted by Crippen LogP contribution is -2.36. The molecular formula is C17H23IN4O. The average molecular weight is 426 g/mol. The third-order valence-corrected chi connectivity index (χ3v) is 3.10. The zero-order valence-electron chi connectivity index (χ0n) is 13.7. The van der Waals surface area contributed by atoms with Crippen LogP contribution in [0.3, 0.4) is 0 Å². The van der Waals surface area contributed by atoms with Crippen LogP contribution in [0.4, 0.5) is 0 Å². The molecule has 1 aromatic heterocycles. The summed E-state index contributed by atoms with van der Waals surface area (Å²) in [4.78, 5) is 11.0. The molecule has 0 unspecified atom stereocenters. The van der Waals surface area contributed by atoms with Crippen molar-refractivity contribution in [2.75, 3.05) is 21.2 Å². The number of hydrogen-bond donors (Lipinski definition) is 1. The summed E-state index contributed by atoms with van der Waals surface area (Å²) in [5.74, 6) is 1.44. The lowest BCUT2D eigenvalue weighted by atomic mass is 10.2. The van der Waals surface area contributed by atoms with E-state index in [1.54, 1.807) is 7.11 Å². The van der Waals surface area contributed by atoms with Crippen LogP contribution in [-0.2, 0) is 13.1 Å². The van der Waals surface area contributed by atoms with Crippen LogP contribution in [0, 0.1) is 0 Å². The number of hydrogen-bond acceptors (Lipinski definition) is 3. The van der Waals surface area contributed by atoms with Crippen molar-refractivity contribution in [1.29, 1.82) is 0 Å². The number of aliphatic imine (C=N–C) groups is 1. The van der Waals surface area contributed by atoms with Crippen molar-refractivity contribution < 1.29 is 4.74 Å². The van der Waals surface area contributed by atoms with E-state index in [2.05, 4.69) is 27.4 Å². The van der Waals surface area contributed by atoms with Gasteiger partial charge in [-0.15, -0.1) is 24.0 Å². The number of benzene rings is 1. The molecule has 0 bridgehead atoms. The smallest absolute Gasteiger partial charge is 0.213 e. The minimum Gasteiger partial charge on any atom is -0.481 e. The minimum absolute atomic E-state index is 0. The Morgan fingerprint density at radius 1 is 1.13 bits per heavy atom. The number of pyridine rings is 1. The van der Waals surface area contributed by atoms with Gasteiger partial charge in [0, 0.05) is 20.2 Å². The molecule has 0 fully saturated rings. The standard InChI is InChI=1S/C17H22N4O.HI/c1-21(2)17(18-12-14-8-5-4-6-9-14)19-13-15-10-7-11-16(20-15)22-3;/h4-11H,12-13H2,1-3H3,(H,18,19);1H. The van der Waals surface area contributed by atoms with Crippen LogP contribution < -0.4 is 10.1 Å². The zero-order valence-corrected chi connectivity index (χ0v) is 16.0. The molecule has 0 amide bonds. The maximum atomic E-state index is 5.13. The molecule has 0 aliphatic rings. The van der Waals surface area contributed by atoms with Crippen LogP contribution >= 0.6 is 24.0 Å². The number of methoxy groups -OCH3 is 1. The molecule has 1 aromatic carbocycles. The Morgan fingerprint density at radius 2 is 1.87 bits per heavy atom. The van der Waals surface area contributed by atoms with Gasteiger partial charge in [0.1, 0.15) is 0 Å². The molecule has 1 N–H and O–H groups in total. The molecule has 0 aliphatic heterocycles. The number of nitrogens with zero attached hydrogens (tertiary/aromatic N) is 3. The summed E-state index contributed by atoms with van der Waals surface area (Å²) in [5.41, 5.74) is 2.09. The average Bonchev–Trinajstić information content (AvgIpc) is 2.55. The van der Waals surface area contributed by atoms with Crippen LogP contribution in [0.15, 0.2) is 53.5 Å². The van der Waals surface area contributed by atoms with Gasteiger partial charge in [0.15, 0.2) is 5.96 Å². The van der Waals surface area contributed by atoms with E-state index in [0.717, 1.165) is 11.7 Å². The fourth-order valence-electron chi connectivity index (χ4n) is 1.94. The van der Waals surface area contributed by atoms with Gasteiger partial charge in [-0.2, -0.15) is 0 Å². The maximum Gasteiger partial charge on any atom is 0.213 e. The quantitative estimate of drug-likeness (QED) is 0.454. The summed E-state index contributed by atoms with van der Waals surface area (Å²) in [6.07, 6.45) is 0. The van der Waals surface area contributed by atoms with E-state index in [1.807, 2.05) is 55.4 Å². The molecule has 23 heavy (non-hydrogen) atoms. The first-order chi connectivity index (χ1) is 10.7. The van der Waals surface area contributed by atoms with Crippen molar-refractivity contribution in [1.82, 2.24) is 15.2 Å². The van der Waals surface area contributed by atoms with E-state index in [4.69, 9.17) is 4.74 Å². The van der Waals surface area contributed by atoms with Gasteiger partial charge in [0.05, 0.1) is 25.9 Å². The van der Waals surface area contributed by atoms with Gasteiger partial charge in [0.2, 0.25) is 5.88 Å². The topological polar surface area (TPSA) is 49.8 Å². The summed E-state index contributed by atoms with van der Waals surface area (Å²) in [5, 5.41) is 3.31. The van der Waals surface area contributed by atoms with Crippen molar-refractivity contribution in [2.24, 2.45) is 4.99 Å². The van der Waals surface area contributed by atoms with Gasteiger partial charge >= 0.3 is 0 Å². The Hall–Kier alpha value is -1.83. The molecule has 0 aliphatic carbocycles. The van der Waals surface area contributed by atoms with Crippen LogP contribution in [-0.4, -0.2) is 37.0 Å². The van der Waals surface area contributed by atoms with Gasteiger partial charge in [-0.05, 0) is 11.6 Å². The number of aromatic nitrogens is 1. The fourth-order valence-corrected chi connectivity index (χ4v) is 1.94. The second-order valence-corrected chi connectivity index (χ2v) is 5.04. The summed E-state index contributed by atoms with van der Waals surface area (Å²) in [7, 11) is 5.55. The van der Waals surface area contributed by atoms with Crippen molar-refractivity contribution in [3.63, 3.8) is 0 Å². The lowest BCUT2D eigenvalue weighted by molar-refractivity contribution is 0.396. The molecule has 1 heterocycles. The summed E-state index contributed by atoms with van der Waals surface area (Å²) < 4.78 is 5.13. The Balaban J connectivity index is 0.00000264. The Bertz CT molecular complexity index is 617. The van der Waals surface area contributed by atoms with Gasteiger partial charge in [0.25, 0.3) is 0 Å². The van der Waals surface area contributed by atoms with Crippen molar-refractivity contribution in [3.8, 4) is 5.88 Å². The van der Waals surface area contributed by atoms with Crippen molar-refractivity contribution in [3.05, 3.63) is 59.8 Å². The second-order valence-electron chi connectivity index (χ2n) is 5.04.